The maximum Gasteiger partial charge on any atom is 0.263 e. The lowest BCUT2D eigenvalue weighted by atomic mass is 10.2. The molecule has 2 N–H and O–H groups in total. The fourth-order valence-electron chi connectivity index (χ4n) is 2.06. The van der Waals surface area contributed by atoms with E-state index in [0.717, 1.165) is 0 Å². The van der Waals surface area contributed by atoms with E-state index in [-0.39, 0.29) is 17.2 Å². The van der Waals surface area contributed by atoms with Crippen molar-refractivity contribution < 1.29 is 9.53 Å². The van der Waals surface area contributed by atoms with Crippen LogP contribution in [0.3, 0.4) is 0 Å². The van der Waals surface area contributed by atoms with Crippen LogP contribution in [0.4, 0.5) is 5.69 Å². The summed E-state index contributed by atoms with van der Waals surface area (Å²) in [7, 11) is 1.55. The van der Waals surface area contributed by atoms with E-state index in [4.69, 9.17) is 45.3 Å². The molecule has 0 fully saturated rings. The van der Waals surface area contributed by atoms with E-state index in [2.05, 4.69) is 11.6 Å². The van der Waals surface area contributed by atoms with Crippen LogP contribution >= 0.6 is 34.8 Å². The number of likely N-dealkylation sites (N-methyl/N-ethyl adjacent to an activating group) is 1. The number of hydrogen-bond acceptors (Lipinski definition) is 4. The summed E-state index contributed by atoms with van der Waals surface area (Å²) >= 11 is 18.2. The summed E-state index contributed by atoms with van der Waals surface area (Å²) in [5.41, 5.74) is 6.53. The number of halogens is 3. The van der Waals surface area contributed by atoms with Gasteiger partial charge in [-0.3, -0.25) is 9.78 Å². The minimum absolute atomic E-state index is 0.0772. The number of benzene rings is 1. The number of hydrogen-bond donors (Lipinski definition) is 1. The largest absolute Gasteiger partial charge is 0.439 e. The van der Waals surface area contributed by atoms with E-state index in [1.54, 1.807) is 31.3 Å². The zero-order valence-electron chi connectivity index (χ0n) is 14.3. The first-order valence-corrected chi connectivity index (χ1v) is 8.78. The summed E-state index contributed by atoms with van der Waals surface area (Å²) in [5, 5.41) is 1.08. The Balaban J connectivity index is 2.43. The molecule has 2 rings (SSSR count). The molecule has 2 aromatic rings. The van der Waals surface area contributed by atoms with Crippen LogP contribution in [-0.2, 0) is 4.79 Å². The number of pyridine rings is 1. The molecule has 0 bridgehead atoms. The molecular weight excluding hydrogens is 409 g/mol. The molecule has 1 amide bonds. The van der Waals surface area contributed by atoms with Crippen LogP contribution in [0.25, 0.3) is 0 Å². The molecule has 5 nitrogen and oxygen atoms in total. The average Bonchev–Trinajstić information content (AvgIpc) is 2.64. The normalized spacial score (nSPS) is 11.9. The van der Waals surface area contributed by atoms with Gasteiger partial charge in [-0.05, 0) is 24.3 Å². The number of carbonyl (C=O) groups excluding carboxylic acids is 1. The van der Waals surface area contributed by atoms with Gasteiger partial charge in [0.15, 0.2) is 0 Å². The number of allylic oxidation sites excluding steroid dienone is 2. The second kappa shape index (κ2) is 9.46. The van der Waals surface area contributed by atoms with E-state index in [1.165, 1.54) is 35.5 Å². The highest BCUT2D eigenvalue weighted by Crippen LogP contribution is 2.30. The highest BCUT2D eigenvalue weighted by Gasteiger charge is 2.21. The van der Waals surface area contributed by atoms with Gasteiger partial charge in [0.2, 0.25) is 5.88 Å². The van der Waals surface area contributed by atoms with Crippen molar-refractivity contribution in [3.63, 3.8) is 0 Å². The van der Waals surface area contributed by atoms with Gasteiger partial charge >= 0.3 is 0 Å². The number of carbonyl (C=O) groups is 1. The first-order valence-electron chi connectivity index (χ1n) is 7.64. The van der Waals surface area contributed by atoms with Crippen LogP contribution in [0.5, 0.6) is 5.75 Å². The van der Waals surface area contributed by atoms with Crippen molar-refractivity contribution in [1.29, 1.82) is 0 Å². The molecule has 0 aliphatic carbocycles. The summed E-state index contributed by atoms with van der Waals surface area (Å²) < 4.78 is 5.58. The maximum absolute atomic E-state index is 13.0. The Bertz CT molecular complexity index is 926. The zero-order chi connectivity index (χ0) is 20.0. The van der Waals surface area contributed by atoms with Crippen molar-refractivity contribution in [2.75, 3.05) is 11.9 Å². The molecule has 1 heterocycles. The third-order valence-corrected chi connectivity index (χ3v) is 4.29. The summed E-state index contributed by atoms with van der Waals surface area (Å²) in [4.78, 5) is 18.3. The lowest BCUT2D eigenvalue weighted by Gasteiger charge is -2.20. The van der Waals surface area contributed by atoms with Gasteiger partial charge in [-0.2, -0.15) is 0 Å². The van der Waals surface area contributed by atoms with E-state index in [1.807, 2.05) is 0 Å². The minimum Gasteiger partial charge on any atom is -0.439 e. The van der Waals surface area contributed by atoms with Gasteiger partial charge in [0, 0.05) is 24.3 Å². The summed E-state index contributed by atoms with van der Waals surface area (Å²) in [6, 6.07) is 6.25. The highest BCUT2D eigenvalue weighted by molar-refractivity contribution is 6.34. The predicted molar refractivity (Wildman–Crippen MR) is 110 cm³/mol. The average molecular weight is 425 g/mol. The number of nitrogens with two attached hydrogens (primary N) is 1. The van der Waals surface area contributed by atoms with E-state index in [9.17, 15) is 4.79 Å². The molecule has 0 radical (unpaired) electrons. The molecule has 0 aliphatic rings. The molecule has 8 heteroatoms. The molecule has 140 valence electrons. The van der Waals surface area contributed by atoms with Gasteiger partial charge in [-0.1, -0.05) is 53.5 Å². The Morgan fingerprint density at radius 2 is 2.00 bits per heavy atom. The Labute approximate surface area is 172 Å². The lowest BCUT2D eigenvalue weighted by Crippen LogP contribution is -2.30. The first-order chi connectivity index (χ1) is 12.8. The van der Waals surface area contributed by atoms with Gasteiger partial charge < -0.3 is 15.4 Å². The van der Waals surface area contributed by atoms with Crippen molar-refractivity contribution in [2.45, 2.75) is 0 Å². The summed E-state index contributed by atoms with van der Waals surface area (Å²) in [5.74, 6) is -0.395. The smallest absolute Gasteiger partial charge is 0.263 e. The maximum atomic E-state index is 13.0. The van der Waals surface area contributed by atoms with Gasteiger partial charge in [0.05, 0.1) is 27.5 Å². The standard InChI is InChI=1S/C19H16Cl3N3O2/c1-3-4-5-13(18(23)27-17-10-12(20)6-7-15(17)22)19(26)25(2)16-11-24-9-8-14(16)21/h3-11H,1,23H2,2H3/b5-4-,18-13-. The summed E-state index contributed by atoms with van der Waals surface area (Å²) in [6.07, 6.45) is 7.53. The first kappa shape index (κ1) is 20.8. The molecule has 0 saturated heterocycles. The van der Waals surface area contributed by atoms with Crippen LogP contribution in [0.2, 0.25) is 15.1 Å². The molecule has 0 atom stereocenters. The zero-order valence-corrected chi connectivity index (χ0v) is 16.6. The third-order valence-electron chi connectivity index (χ3n) is 3.42. The fraction of sp³-hybridized carbons (Fsp3) is 0.0526. The van der Waals surface area contributed by atoms with Crippen molar-refractivity contribution in [3.8, 4) is 5.75 Å². The molecule has 0 saturated carbocycles. The van der Waals surface area contributed by atoms with Gasteiger partial charge in [0.25, 0.3) is 5.91 Å². The molecule has 0 aliphatic heterocycles. The topological polar surface area (TPSA) is 68.5 Å². The molecule has 0 unspecified atom stereocenters. The van der Waals surface area contributed by atoms with Gasteiger partial charge in [-0.15, -0.1) is 0 Å². The number of anilines is 1. The van der Waals surface area contributed by atoms with E-state index < -0.39 is 5.91 Å². The molecule has 1 aromatic carbocycles. The summed E-state index contributed by atoms with van der Waals surface area (Å²) in [6.45, 7) is 3.59. The third kappa shape index (κ3) is 5.26. The number of rotatable bonds is 6. The highest BCUT2D eigenvalue weighted by atomic mass is 35.5. The SMILES string of the molecule is C=C/C=C\C(C(=O)N(C)c1cnccc1Cl)=C(/N)Oc1cc(Cl)ccc1Cl. The molecular formula is C19H16Cl3N3O2. The minimum atomic E-state index is -0.460. The number of nitrogens with zero attached hydrogens (tertiary/aromatic N) is 2. The monoisotopic (exact) mass is 423 g/mol. The lowest BCUT2D eigenvalue weighted by molar-refractivity contribution is -0.114. The van der Waals surface area contributed by atoms with Crippen LogP contribution in [-0.4, -0.2) is 17.9 Å². The Hall–Kier alpha value is -2.47. The second-order valence-corrected chi connectivity index (χ2v) is 6.49. The van der Waals surface area contributed by atoms with Crippen LogP contribution in [0, 0.1) is 0 Å². The Morgan fingerprint density at radius 1 is 1.26 bits per heavy atom. The Morgan fingerprint density at radius 3 is 2.67 bits per heavy atom. The van der Waals surface area contributed by atoms with Crippen LogP contribution in [0.1, 0.15) is 0 Å². The fourth-order valence-corrected chi connectivity index (χ4v) is 2.61. The van der Waals surface area contributed by atoms with E-state index >= 15 is 0 Å². The number of aromatic nitrogens is 1. The van der Waals surface area contributed by atoms with Gasteiger partial charge in [-0.25, -0.2) is 0 Å². The van der Waals surface area contributed by atoms with E-state index in [0.29, 0.717) is 20.8 Å². The predicted octanol–water partition coefficient (Wildman–Crippen LogP) is 5.00. The quantitative estimate of drug-likeness (QED) is 0.403. The molecule has 27 heavy (non-hydrogen) atoms. The van der Waals surface area contributed by atoms with Crippen molar-refractivity contribution in [2.24, 2.45) is 5.73 Å². The second-order valence-electron chi connectivity index (χ2n) is 5.24. The van der Waals surface area contributed by atoms with Crippen molar-refractivity contribution in [3.05, 3.63) is 88.0 Å². The molecule has 1 aromatic heterocycles. The number of amides is 1. The number of ether oxygens (including phenoxy) is 1. The van der Waals surface area contributed by atoms with Crippen molar-refractivity contribution in [1.82, 2.24) is 4.98 Å². The molecule has 0 spiro atoms. The van der Waals surface area contributed by atoms with Crippen LogP contribution in [0.15, 0.2) is 72.9 Å². The van der Waals surface area contributed by atoms with Crippen molar-refractivity contribution >= 4 is 46.4 Å². The Kier molecular flexibility index (Phi) is 7.30. The van der Waals surface area contributed by atoms with Gasteiger partial charge in [0.1, 0.15) is 5.75 Å². The van der Waals surface area contributed by atoms with Crippen LogP contribution < -0.4 is 15.4 Å².